The lowest BCUT2D eigenvalue weighted by Gasteiger charge is -2.27. The molecule has 2 rings (SSSR count). The summed E-state index contributed by atoms with van der Waals surface area (Å²) in [6, 6.07) is 0.522. The summed E-state index contributed by atoms with van der Waals surface area (Å²) in [4.78, 5) is 0. The highest BCUT2D eigenvalue weighted by molar-refractivity contribution is 6.02. The highest BCUT2D eigenvalue weighted by Gasteiger charge is 2.19. The monoisotopic (exact) mass is 178 g/mol. The zero-order chi connectivity index (χ0) is 9.26. The second kappa shape index (κ2) is 3.12. The molecule has 1 heterocycles. The van der Waals surface area contributed by atoms with Crippen LogP contribution in [0.4, 0.5) is 0 Å². The van der Waals surface area contributed by atoms with Gasteiger partial charge in [0.15, 0.2) is 0 Å². The van der Waals surface area contributed by atoms with Gasteiger partial charge < -0.3 is 16.4 Å². The molecular formula is C9H14N4. The summed E-state index contributed by atoms with van der Waals surface area (Å²) in [6.07, 6.45) is 7.22. The second-order valence-corrected chi connectivity index (χ2v) is 3.45. The molecule has 2 aliphatic rings. The topological polar surface area (TPSA) is 73.9 Å². The fourth-order valence-corrected chi connectivity index (χ4v) is 1.44. The normalized spacial score (nSPS) is 25.4. The van der Waals surface area contributed by atoms with Crippen LogP contribution >= 0.6 is 0 Å². The quantitative estimate of drug-likeness (QED) is 0.494. The molecule has 4 nitrogen and oxygen atoms in total. The molecule has 0 unspecified atom stereocenters. The largest absolute Gasteiger partial charge is 0.385 e. The molecule has 4 heteroatoms. The Morgan fingerprint density at radius 1 is 1.62 bits per heavy atom. The Kier molecular flexibility index (Phi) is 1.96. The van der Waals surface area contributed by atoms with Crippen LogP contribution in [0.5, 0.6) is 0 Å². The Hall–Kier alpha value is -1.45. The number of nitrogens with two attached hydrogens (primary N) is 1. The predicted octanol–water partition coefficient (Wildman–Crippen LogP) is 0.393. The molecule has 0 aromatic heterocycles. The minimum Gasteiger partial charge on any atom is -0.385 e. The molecule has 0 atom stereocenters. The van der Waals surface area contributed by atoms with Crippen molar-refractivity contribution in [2.45, 2.75) is 25.3 Å². The molecule has 70 valence electrons. The van der Waals surface area contributed by atoms with Gasteiger partial charge in [0.25, 0.3) is 0 Å². The Morgan fingerprint density at radius 3 is 2.85 bits per heavy atom. The van der Waals surface area contributed by atoms with Crippen LogP contribution in [0.2, 0.25) is 0 Å². The number of hydrogen-bond donors (Lipinski definition) is 4. The first-order valence-corrected chi connectivity index (χ1v) is 4.55. The van der Waals surface area contributed by atoms with E-state index >= 15 is 0 Å². The standard InChI is InChI=1S/C9H14N4/c10-8-7(4-5-12-8)9(11)13-6-2-1-3-6/h4-6,13H,1-3,11H2,(H2,10,12)/b9-7+. The van der Waals surface area contributed by atoms with Gasteiger partial charge in [0.05, 0.1) is 5.57 Å². The minimum absolute atomic E-state index is 0.379. The smallest absolute Gasteiger partial charge is 0.133 e. The van der Waals surface area contributed by atoms with Gasteiger partial charge in [-0.05, 0) is 25.3 Å². The van der Waals surface area contributed by atoms with Crippen molar-refractivity contribution in [3.63, 3.8) is 0 Å². The Labute approximate surface area is 77.4 Å². The van der Waals surface area contributed by atoms with Crippen LogP contribution in [-0.4, -0.2) is 11.9 Å². The summed E-state index contributed by atoms with van der Waals surface area (Å²) >= 11 is 0. The Morgan fingerprint density at radius 2 is 2.38 bits per heavy atom. The SMILES string of the molecule is N=C1NC=C/C1=C(/N)NC1CCC1. The number of amidine groups is 1. The Balaban J connectivity index is 2.03. The van der Waals surface area contributed by atoms with E-state index in [1.807, 2.05) is 6.08 Å². The average molecular weight is 178 g/mol. The van der Waals surface area contributed by atoms with Gasteiger partial charge in [0.2, 0.25) is 0 Å². The molecule has 0 saturated heterocycles. The minimum atomic E-state index is 0.379. The second-order valence-electron chi connectivity index (χ2n) is 3.45. The summed E-state index contributed by atoms with van der Waals surface area (Å²) in [5, 5.41) is 13.5. The van der Waals surface area contributed by atoms with E-state index in [1.165, 1.54) is 19.3 Å². The van der Waals surface area contributed by atoms with Crippen LogP contribution in [0.15, 0.2) is 23.7 Å². The molecule has 0 spiro atoms. The van der Waals surface area contributed by atoms with Crippen molar-refractivity contribution in [3.8, 4) is 0 Å². The summed E-state index contributed by atoms with van der Waals surface area (Å²) in [7, 11) is 0. The first-order valence-electron chi connectivity index (χ1n) is 4.55. The molecule has 13 heavy (non-hydrogen) atoms. The lowest BCUT2D eigenvalue weighted by molar-refractivity contribution is 0.362. The van der Waals surface area contributed by atoms with Crippen LogP contribution in [0.3, 0.4) is 0 Å². The van der Waals surface area contributed by atoms with Gasteiger partial charge in [0, 0.05) is 12.2 Å². The maximum Gasteiger partial charge on any atom is 0.133 e. The fourth-order valence-electron chi connectivity index (χ4n) is 1.44. The summed E-state index contributed by atoms with van der Waals surface area (Å²) in [6.45, 7) is 0. The summed E-state index contributed by atoms with van der Waals surface area (Å²) in [5.41, 5.74) is 6.59. The zero-order valence-electron chi connectivity index (χ0n) is 7.43. The van der Waals surface area contributed by atoms with E-state index in [4.69, 9.17) is 11.1 Å². The molecule has 1 saturated carbocycles. The molecule has 0 radical (unpaired) electrons. The van der Waals surface area contributed by atoms with E-state index in [-0.39, 0.29) is 0 Å². The molecular weight excluding hydrogens is 164 g/mol. The van der Waals surface area contributed by atoms with E-state index in [9.17, 15) is 0 Å². The molecule has 0 aromatic carbocycles. The van der Waals surface area contributed by atoms with Crippen molar-refractivity contribution in [1.82, 2.24) is 10.6 Å². The van der Waals surface area contributed by atoms with Crippen molar-refractivity contribution < 1.29 is 0 Å². The highest BCUT2D eigenvalue weighted by atomic mass is 15.0. The third kappa shape index (κ3) is 1.52. The molecule has 1 fully saturated rings. The van der Waals surface area contributed by atoms with Crippen molar-refractivity contribution in [1.29, 1.82) is 5.41 Å². The molecule has 1 aliphatic heterocycles. The first kappa shape index (κ1) is 8.16. The van der Waals surface area contributed by atoms with Gasteiger partial charge in [-0.1, -0.05) is 0 Å². The average Bonchev–Trinajstić information content (AvgIpc) is 2.43. The van der Waals surface area contributed by atoms with E-state index in [0.717, 1.165) is 5.57 Å². The molecule has 0 aromatic rings. The van der Waals surface area contributed by atoms with Crippen LogP contribution < -0.4 is 16.4 Å². The maximum atomic E-state index is 7.50. The summed E-state index contributed by atoms with van der Waals surface area (Å²) < 4.78 is 0. The Bertz CT molecular complexity index is 286. The van der Waals surface area contributed by atoms with Crippen LogP contribution in [0.1, 0.15) is 19.3 Å². The van der Waals surface area contributed by atoms with Gasteiger partial charge in [-0.15, -0.1) is 0 Å². The number of rotatable bonds is 2. The maximum absolute atomic E-state index is 7.50. The third-order valence-electron chi connectivity index (χ3n) is 2.50. The van der Waals surface area contributed by atoms with E-state index in [1.54, 1.807) is 6.20 Å². The third-order valence-corrected chi connectivity index (χ3v) is 2.50. The van der Waals surface area contributed by atoms with E-state index in [0.29, 0.717) is 17.7 Å². The first-order chi connectivity index (χ1) is 6.27. The lowest BCUT2D eigenvalue weighted by Crippen LogP contribution is -2.38. The van der Waals surface area contributed by atoms with Crippen molar-refractivity contribution in [3.05, 3.63) is 23.7 Å². The van der Waals surface area contributed by atoms with Crippen LogP contribution in [-0.2, 0) is 0 Å². The summed E-state index contributed by atoms with van der Waals surface area (Å²) in [5.74, 6) is 1.00. The van der Waals surface area contributed by atoms with Gasteiger partial charge >= 0.3 is 0 Å². The highest BCUT2D eigenvalue weighted by Crippen LogP contribution is 2.19. The van der Waals surface area contributed by atoms with Gasteiger partial charge in [0.1, 0.15) is 11.7 Å². The van der Waals surface area contributed by atoms with Crippen LogP contribution in [0, 0.1) is 5.41 Å². The van der Waals surface area contributed by atoms with Gasteiger partial charge in [-0.2, -0.15) is 0 Å². The van der Waals surface area contributed by atoms with Gasteiger partial charge in [-0.25, -0.2) is 0 Å². The van der Waals surface area contributed by atoms with E-state index < -0.39 is 0 Å². The predicted molar refractivity (Wildman–Crippen MR) is 52.0 cm³/mol. The van der Waals surface area contributed by atoms with Gasteiger partial charge in [-0.3, -0.25) is 5.41 Å². The van der Waals surface area contributed by atoms with Crippen molar-refractivity contribution >= 4 is 5.84 Å². The zero-order valence-corrected chi connectivity index (χ0v) is 7.43. The fraction of sp³-hybridized carbons (Fsp3) is 0.444. The molecule has 0 bridgehead atoms. The van der Waals surface area contributed by atoms with Crippen LogP contribution in [0.25, 0.3) is 0 Å². The van der Waals surface area contributed by atoms with E-state index in [2.05, 4.69) is 10.6 Å². The number of hydrogen-bond acceptors (Lipinski definition) is 3. The lowest BCUT2D eigenvalue weighted by atomic mass is 9.93. The number of nitrogens with one attached hydrogen (secondary N) is 3. The molecule has 1 aliphatic carbocycles. The molecule has 5 N–H and O–H groups in total. The van der Waals surface area contributed by atoms with Crippen molar-refractivity contribution in [2.24, 2.45) is 5.73 Å². The van der Waals surface area contributed by atoms with Crippen molar-refractivity contribution in [2.75, 3.05) is 0 Å². The molecule has 0 amide bonds.